The van der Waals surface area contributed by atoms with Gasteiger partial charge in [0, 0.05) is 100 Å². The number of fused-ring (bicyclic) bond motifs is 4. The molecule has 45 heteroatoms. The molecule has 0 aliphatic heterocycles. The zero-order valence-corrected chi connectivity index (χ0v) is 76.7. The number of carboxylic acid groups (broad SMARTS) is 2. The van der Waals surface area contributed by atoms with Crippen LogP contribution in [0.2, 0.25) is 0 Å². The summed E-state index contributed by atoms with van der Waals surface area (Å²) in [6, 6.07) is 51.5. The standard InChI is InChI=1S/C96H75N13O22S2.2O3S/c1-108-71-33-31-68(78-80(71)76(63-20-9-11-22-65(63)86(78)114)82(88(108)116)84(112)52-15-5-3-6-16-52)97-57-19-13-14-50(37-57)39-75-102-92(105-95(103-75)130-61-42-54(90(118)119)40-59(45-61)128-47-110)98-56-27-24-49(25-28-56)36-51-26-30-67(74(38-51)133(125,126)127)101-94-104-93(106-96(107-94)131-62-43-55(91(120)121)41-60(46-62)129-48-111)99-58-29-35-73(132(122,123)124)70(44-58)100-69-32-34-72-81-77(64-21-10-12-23-66(64)87(115)79(69)81)83(89(117)109(72)2)85(113)53-17-7-4-8-18-53;2*1-4(2)3/h3-23,29,31-35,37,40-49,51,56,67,74,97,100H,24-28,30,36,38-39H2,1-2H3,(H,118,119)(H,120,121)(H,122,123,124)(H,125,126,127)(H,98,102,103,105)(H2,99,101,104,106,107);;. The van der Waals surface area contributed by atoms with Crippen molar-refractivity contribution in [1.29, 1.82) is 0 Å². The molecule has 716 valence electrons. The van der Waals surface area contributed by atoms with Gasteiger partial charge in [0.1, 0.15) is 39.0 Å². The number of benzene rings is 10. The summed E-state index contributed by atoms with van der Waals surface area (Å²) in [5.74, 6) is -6.29. The summed E-state index contributed by atoms with van der Waals surface area (Å²) >= 11 is 0. The number of hydrogen-bond donors (Lipinski definition) is 9. The molecule has 141 heavy (non-hydrogen) atoms. The predicted octanol–water partition coefficient (Wildman–Crippen LogP) is 12.7. The van der Waals surface area contributed by atoms with E-state index in [4.69, 9.17) is 49.2 Å². The molecular weight excluding hydrogens is 1910 g/mol. The summed E-state index contributed by atoms with van der Waals surface area (Å²) in [5.41, 5.74) is 2.03. The molecular formula is C96H75N13O28S4. The fraction of sp³-hybridized carbons (Fsp3) is 0.167. The Hall–Kier alpha value is -17.1. The van der Waals surface area contributed by atoms with Gasteiger partial charge in [-0.25, -0.2) is 9.59 Å². The highest BCUT2D eigenvalue weighted by Crippen LogP contribution is 2.48. The Kier molecular flexibility index (Phi) is 28.0. The largest absolute Gasteiger partial charge is 0.478 e. The highest BCUT2D eigenvalue weighted by atomic mass is 32.2. The minimum Gasteiger partial charge on any atom is -0.478 e. The lowest BCUT2D eigenvalue weighted by atomic mass is 9.75. The van der Waals surface area contributed by atoms with Crippen molar-refractivity contribution >= 4 is 158 Å². The van der Waals surface area contributed by atoms with Crippen LogP contribution < -0.4 is 56.6 Å². The molecule has 3 atom stereocenters. The van der Waals surface area contributed by atoms with E-state index in [-0.39, 0.29) is 181 Å². The average molecular weight is 1990 g/mol. The second-order valence-electron chi connectivity index (χ2n) is 32.8. The van der Waals surface area contributed by atoms with Gasteiger partial charge in [-0.2, -0.15) is 46.7 Å². The third kappa shape index (κ3) is 21.2. The van der Waals surface area contributed by atoms with E-state index < -0.39 is 110 Å². The van der Waals surface area contributed by atoms with Crippen molar-refractivity contribution in [2.45, 2.75) is 80.0 Å². The van der Waals surface area contributed by atoms with Crippen LogP contribution >= 0.6 is 0 Å². The smallest absolute Gasteiger partial charge is 0.425 e. The average Bonchev–Trinajstić information content (AvgIpc) is 0.708. The number of carbonyl (C=O) groups is 8. The van der Waals surface area contributed by atoms with Crippen LogP contribution in [-0.2, 0) is 71.6 Å². The Balaban J connectivity index is 0.00000172. The summed E-state index contributed by atoms with van der Waals surface area (Å²) in [4.78, 5) is 162. The molecule has 3 unspecified atom stereocenters. The lowest BCUT2D eigenvalue weighted by molar-refractivity contribution is -0.121. The summed E-state index contributed by atoms with van der Waals surface area (Å²) in [5, 5.41) is 35.1. The Bertz CT molecular complexity index is 8160. The van der Waals surface area contributed by atoms with Crippen LogP contribution in [0.3, 0.4) is 0 Å². The van der Waals surface area contributed by atoms with Crippen molar-refractivity contribution in [1.82, 2.24) is 39.0 Å². The molecule has 0 saturated heterocycles. The first-order chi connectivity index (χ1) is 67.4. The molecule has 0 amide bonds. The van der Waals surface area contributed by atoms with E-state index in [0.717, 1.165) is 30.3 Å². The zero-order valence-electron chi connectivity index (χ0n) is 73.4. The second kappa shape index (κ2) is 40.6. The van der Waals surface area contributed by atoms with Gasteiger partial charge in [-0.15, -0.1) is 25.3 Å². The molecule has 2 saturated carbocycles. The van der Waals surface area contributed by atoms with Gasteiger partial charge in [0.25, 0.3) is 44.3 Å². The Morgan fingerprint density at radius 2 is 0.908 bits per heavy atom. The fourth-order valence-corrected chi connectivity index (χ4v) is 19.9. The molecule has 0 bridgehead atoms. The number of carbonyl (C=O) groups excluding carboxylic acids is 6. The molecule has 0 radical (unpaired) electrons. The number of ether oxygens (including phenoxy) is 4. The second-order valence-corrected chi connectivity index (χ2v) is 36.7. The van der Waals surface area contributed by atoms with Crippen molar-refractivity contribution in [3.63, 3.8) is 0 Å². The maximum Gasteiger partial charge on any atom is 0.425 e. The van der Waals surface area contributed by atoms with E-state index in [9.17, 15) is 84.1 Å². The molecule has 14 aromatic rings. The molecule has 10 aromatic carbocycles. The molecule has 4 aliphatic carbocycles. The molecule has 4 aliphatic rings. The number of aromatic carboxylic acids is 2. The quantitative estimate of drug-likeness (QED) is 0.0115. The number of pyridine rings is 2. The normalized spacial score (nSPS) is 15.5. The van der Waals surface area contributed by atoms with Crippen molar-refractivity contribution in [3.05, 3.63) is 300 Å². The van der Waals surface area contributed by atoms with E-state index in [2.05, 4.69) is 51.5 Å². The Morgan fingerprint density at radius 1 is 0.447 bits per heavy atom. The van der Waals surface area contributed by atoms with Crippen LogP contribution in [0, 0.1) is 11.8 Å². The minimum absolute atomic E-state index is 0.0170. The van der Waals surface area contributed by atoms with Gasteiger partial charge in [-0.3, -0.25) is 47.5 Å². The van der Waals surface area contributed by atoms with Crippen molar-refractivity contribution in [2.75, 3.05) is 26.6 Å². The fourth-order valence-electron chi connectivity index (χ4n) is 18.1. The molecule has 4 heterocycles. The summed E-state index contributed by atoms with van der Waals surface area (Å²) in [6.45, 7) is 0.183. The number of rotatable bonds is 30. The molecule has 18 rings (SSSR count). The predicted molar refractivity (Wildman–Crippen MR) is 505 cm³/mol. The number of nitrogens with zero attached hydrogens (tertiary/aromatic N) is 8. The van der Waals surface area contributed by atoms with Gasteiger partial charge < -0.3 is 64.9 Å². The van der Waals surface area contributed by atoms with Crippen LogP contribution in [0.15, 0.2) is 227 Å². The topological polar surface area (TPSA) is 607 Å². The lowest BCUT2D eigenvalue weighted by Gasteiger charge is -2.37. The molecule has 41 nitrogen and oxygen atoms in total. The summed E-state index contributed by atoms with van der Waals surface area (Å²) < 4.78 is 152. The molecule has 9 N–H and O–H groups in total. The summed E-state index contributed by atoms with van der Waals surface area (Å²) in [6.07, 6.45) is 3.51. The van der Waals surface area contributed by atoms with Gasteiger partial charge in [0.05, 0.1) is 61.5 Å². The van der Waals surface area contributed by atoms with E-state index >= 15 is 0 Å². The first-order valence-electron chi connectivity index (χ1n) is 42.7. The zero-order chi connectivity index (χ0) is 100. The van der Waals surface area contributed by atoms with E-state index in [0.29, 0.717) is 94.2 Å². The van der Waals surface area contributed by atoms with E-state index in [1.165, 1.54) is 58.6 Å². The van der Waals surface area contributed by atoms with Gasteiger partial charge in [0.2, 0.25) is 17.8 Å². The van der Waals surface area contributed by atoms with Crippen LogP contribution in [0.5, 0.6) is 35.0 Å². The number of ketones is 4. The number of aryl methyl sites for hydroxylation is 2. The SMILES string of the molecule is Cn1c(=O)c(C(=O)c2ccccc2)c2c3c(c(Nc4cccc(Cc5nc(NC6CCC(CC7CCC(Nc8nc(Nc9ccc(S(=O)(=O)O)c(Nc%10ccc%11c%12c%10C(=O)c%10ccccc%10-c%12c(C(=O)c%10ccccc%10)c(=O)n%11C)c9)nc(Oc9cc(OC=O)cc(C(=O)O)c9)n8)C(S(=O)(=O)O)C7)CC6)nc(Oc6cc(OC=O)cc(C(=O)O)c6)n5)c4)ccc31)C(=O)c1ccccc1-2.O=S(=O)=O.O=S(=O)=O. The van der Waals surface area contributed by atoms with Gasteiger partial charge >= 0.3 is 45.2 Å². The van der Waals surface area contributed by atoms with Crippen LogP contribution in [0.25, 0.3) is 44.1 Å². The maximum absolute atomic E-state index is 15.0. The minimum atomic E-state index is -5.12. The third-order valence-electron chi connectivity index (χ3n) is 24.1. The molecule has 4 aromatic heterocycles. The monoisotopic (exact) mass is 1990 g/mol. The third-order valence-corrected chi connectivity index (χ3v) is 26.3. The number of aromatic nitrogens is 8. The van der Waals surface area contributed by atoms with E-state index in [1.807, 2.05) is 12.1 Å². The van der Waals surface area contributed by atoms with Crippen LogP contribution in [-0.4, -0.2) is 166 Å². The van der Waals surface area contributed by atoms with Crippen LogP contribution in [0.4, 0.5) is 46.3 Å². The van der Waals surface area contributed by atoms with Gasteiger partial charge in [-0.1, -0.05) is 121 Å². The first-order valence-corrected chi connectivity index (χ1v) is 47.7. The number of anilines is 8. The molecule has 0 spiro atoms. The Labute approximate surface area is 800 Å². The number of nitrogens with one attached hydrogen (secondary N) is 5. The lowest BCUT2D eigenvalue weighted by Crippen LogP contribution is -2.45. The van der Waals surface area contributed by atoms with Crippen molar-refractivity contribution in [2.24, 2.45) is 25.9 Å². The number of hydrogen-bond acceptors (Lipinski definition) is 35. The van der Waals surface area contributed by atoms with Crippen LogP contribution in [0.1, 0.15) is 147 Å². The number of carboxylic acids is 2. The van der Waals surface area contributed by atoms with Gasteiger partial charge in [0.15, 0.2) is 23.1 Å². The van der Waals surface area contributed by atoms with E-state index in [1.54, 1.807) is 134 Å². The maximum atomic E-state index is 15.0. The highest BCUT2D eigenvalue weighted by Gasteiger charge is 2.42. The van der Waals surface area contributed by atoms with Crippen molar-refractivity contribution < 1.29 is 119 Å². The highest BCUT2D eigenvalue weighted by molar-refractivity contribution is 7.86. The summed E-state index contributed by atoms with van der Waals surface area (Å²) in [7, 11) is -13.2. The Morgan fingerprint density at radius 3 is 1.40 bits per heavy atom. The first kappa shape index (κ1) is 97.0. The van der Waals surface area contributed by atoms with Crippen molar-refractivity contribution in [3.8, 4) is 57.3 Å². The van der Waals surface area contributed by atoms with Gasteiger partial charge in [-0.05, 0) is 159 Å². The molecule has 2 fully saturated rings.